The molecule has 0 aliphatic carbocycles. The van der Waals surface area contributed by atoms with E-state index in [1.165, 1.54) is 31.1 Å². The number of hydrogen-bond donors (Lipinski definition) is 0. The van der Waals surface area contributed by atoms with E-state index in [4.69, 9.17) is 5.41 Å². The molecule has 0 fully saturated rings. The van der Waals surface area contributed by atoms with E-state index in [1.807, 2.05) is 0 Å². The van der Waals surface area contributed by atoms with Gasteiger partial charge in [-0.15, -0.1) is 0 Å². The third-order valence-corrected chi connectivity index (χ3v) is 24.6. The maximum atomic E-state index is 7.65. The quantitative estimate of drug-likeness (QED) is 0.157. The van der Waals surface area contributed by atoms with Gasteiger partial charge in [-0.05, 0) is 0 Å². The first kappa shape index (κ1) is 28.6. The molecule has 0 saturated carbocycles. The minimum atomic E-state index is -2.93. The summed E-state index contributed by atoms with van der Waals surface area (Å²) in [6.45, 7) is 0. The SMILES string of the molecule is [CH3][Sb]([O][Si](c1ccccc1)(c1ccccc1)c1ccccc1)[O][Si](c1ccccc1)(c1ccccc1)c1ccccc1. The molecule has 0 aliphatic heterocycles. The predicted octanol–water partition coefficient (Wildman–Crippen LogP) is 4.47. The summed E-state index contributed by atoms with van der Waals surface area (Å²) in [7, 11) is -5.82. The van der Waals surface area contributed by atoms with Gasteiger partial charge in [0.15, 0.2) is 0 Å². The summed E-state index contributed by atoms with van der Waals surface area (Å²) in [5.41, 5.74) is 0. The van der Waals surface area contributed by atoms with Crippen LogP contribution in [-0.2, 0) is 5.41 Å². The molecular formula is C37H33O2SbSi2. The zero-order valence-electron chi connectivity index (χ0n) is 23.6. The first-order valence-corrected chi connectivity index (χ1v) is 22.6. The molecule has 0 amide bonds. The Kier molecular flexibility index (Phi) is 8.99. The molecule has 6 aromatic rings. The minimum absolute atomic E-state index is 1.23. The Labute approximate surface area is 259 Å². The van der Waals surface area contributed by atoms with E-state index in [0.29, 0.717) is 0 Å². The van der Waals surface area contributed by atoms with Gasteiger partial charge in [-0.25, -0.2) is 0 Å². The van der Waals surface area contributed by atoms with Crippen molar-refractivity contribution in [3.05, 3.63) is 182 Å². The van der Waals surface area contributed by atoms with Crippen molar-refractivity contribution in [1.29, 1.82) is 0 Å². The van der Waals surface area contributed by atoms with E-state index in [1.54, 1.807) is 0 Å². The van der Waals surface area contributed by atoms with Crippen LogP contribution in [0.3, 0.4) is 0 Å². The molecule has 0 aliphatic rings. The van der Waals surface area contributed by atoms with Crippen molar-refractivity contribution >= 4 is 68.8 Å². The van der Waals surface area contributed by atoms with Crippen molar-refractivity contribution in [2.45, 2.75) is 4.87 Å². The molecule has 0 bridgehead atoms. The van der Waals surface area contributed by atoms with Crippen molar-refractivity contribution in [2.24, 2.45) is 0 Å². The van der Waals surface area contributed by atoms with Crippen molar-refractivity contribution in [2.75, 3.05) is 0 Å². The van der Waals surface area contributed by atoms with Gasteiger partial charge < -0.3 is 0 Å². The first-order chi connectivity index (χ1) is 20.7. The predicted molar refractivity (Wildman–Crippen MR) is 182 cm³/mol. The zero-order chi connectivity index (χ0) is 28.7. The summed E-state index contributed by atoms with van der Waals surface area (Å²) >= 11 is -2.93. The molecule has 206 valence electrons. The standard InChI is InChI=1S/2C18H15OSi.CH3.Sb/c2*19-20(16-10-4-1-5-11-16,17-12-6-2-7-13-17)18-14-8-3-9-15-18;;/h2*1-15H;1H3;/q2*-1;;+2. The van der Waals surface area contributed by atoms with Crippen molar-refractivity contribution < 1.29 is 5.41 Å². The molecule has 0 heterocycles. The molecule has 6 aromatic carbocycles. The second kappa shape index (κ2) is 13.2. The fraction of sp³-hybridized carbons (Fsp3) is 0.0270. The van der Waals surface area contributed by atoms with Crippen molar-refractivity contribution in [3.63, 3.8) is 0 Å². The monoisotopic (exact) mass is 686 g/mol. The van der Waals surface area contributed by atoms with Crippen LogP contribution in [0, 0.1) is 0 Å². The van der Waals surface area contributed by atoms with E-state index >= 15 is 0 Å². The first-order valence-electron chi connectivity index (χ1n) is 14.2. The Morgan fingerprint density at radius 2 is 0.476 bits per heavy atom. The molecule has 5 heteroatoms. The van der Waals surface area contributed by atoms with Gasteiger partial charge in [0.25, 0.3) is 0 Å². The molecule has 0 N–H and O–H groups in total. The molecule has 0 aromatic heterocycles. The normalized spacial score (nSPS) is 11.9. The van der Waals surface area contributed by atoms with Gasteiger partial charge in [0.05, 0.1) is 0 Å². The van der Waals surface area contributed by atoms with Gasteiger partial charge in [-0.3, -0.25) is 0 Å². The molecule has 0 saturated heterocycles. The van der Waals surface area contributed by atoms with Crippen LogP contribution in [0.25, 0.3) is 0 Å². The summed E-state index contributed by atoms with van der Waals surface area (Å²) in [4.78, 5) is 2.26. The maximum absolute atomic E-state index is 7.65. The van der Waals surface area contributed by atoms with E-state index in [2.05, 4.69) is 187 Å². The average molecular weight is 688 g/mol. The number of hydrogen-bond acceptors (Lipinski definition) is 2. The molecule has 0 spiro atoms. The van der Waals surface area contributed by atoms with Gasteiger partial charge in [0.1, 0.15) is 0 Å². The second-order valence-electron chi connectivity index (χ2n) is 10.2. The van der Waals surface area contributed by atoms with E-state index in [9.17, 15) is 0 Å². The fourth-order valence-corrected chi connectivity index (χ4v) is 26.3. The van der Waals surface area contributed by atoms with E-state index < -0.39 is 37.7 Å². The molecule has 0 atom stereocenters. The summed E-state index contributed by atoms with van der Waals surface area (Å²) in [5.74, 6) is 0. The van der Waals surface area contributed by atoms with Gasteiger partial charge in [-0.2, -0.15) is 0 Å². The summed E-state index contributed by atoms with van der Waals surface area (Å²) in [6, 6.07) is 64.8. The number of benzene rings is 6. The fourth-order valence-electron chi connectivity index (χ4n) is 5.76. The molecule has 2 nitrogen and oxygen atoms in total. The third kappa shape index (κ3) is 5.61. The topological polar surface area (TPSA) is 18.5 Å². The van der Waals surface area contributed by atoms with Crippen LogP contribution in [0.15, 0.2) is 182 Å². The van der Waals surface area contributed by atoms with Gasteiger partial charge in [-0.1, -0.05) is 0 Å². The molecule has 0 unspecified atom stereocenters. The third-order valence-electron chi connectivity index (χ3n) is 7.61. The molecule has 0 radical (unpaired) electrons. The Hall–Kier alpha value is -3.51. The van der Waals surface area contributed by atoms with Crippen LogP contribution in [0.5, 0.6) is 0 Å². The van der Waals surface area contributed by atoms with Crippen molar-refractivity contribution in [3.8, 4) is 0 Å². The molecule has 42 heavy (non-hydrogen) atoms. The molecular weight excluding hydrogens is 654 g/mol. The number of rotatable bonds is 10. The second-order valence-corrected chi connectivity index (χ2v) is 22.4. The van der Waals surface area contributed by atoms with Crippen LogP contribution in [0.2, 0.25) is 4.87 Å². The van der Waals surface area contributed by atoms with Gasteiger partial charge in [0.2, 0.25) is 0 Å². The van der Waals surface area contributed by atoms with Crippen LogP contribution < -0.4 is 31.1 Å². The van der Waals surface area contributed by atoms with Crippen molar-refractivity contribution in [1.82, 2.24) is 0 Å². The van der Waals surface area contributed by atoms with Gasteiger partial charge >= 0.3 is 261 Å². The Morgan fingerprint density at radius 3 is 0.643 bits per heavy atom. The summed E-state index contributed by atoms with van der Waals surface area (Å²) in [5, 5.41) is 7.38. The Bertz CT molecular complexity index is 1350. The summed E-state index contributed by atoms with van der Waals surface area (Å²) in [6.07, 6.45) is 0. The molecule has 6 rings (SSSR count). The Morgan fingerprint density at radius 1 is 0.310 bits per heavy atom. The zero-order valence-corrected chi connectivity index (χ0v) is 28.1. The van der Waals surface area contributed by atoms with Crippen LogP contribution >= 0.6 is 0 Å². The van der Waals surface area contributed by atoms with E-state index in [-0.39, 0.29) is 0 Å². The van der Waals surface area contributed by atoms with Gasteiger partial charge in [0, 0.05) is 0 Å². The average Bonchev–Trinajstić information content (AvgIpc) is 3.08. The Balaban J connectivity index is 1.54. The van der Waals surface area contributed by atoms with E-state index in [0.717, 1.165) is 0 Å². The van der Waals surface area contributed by atoms with Crippen LogP contribution in [0.4, 0.5) is 0 Å². The van der Waals surface area contributed by atoms with Crippen LogP contribution in [0.1, 0.15) is 0 Å². The van der Waals surface area contributed by atoms with Crippen LogP contribution in [-0.4, -0.2) is 37.7 Å². The summed E-state index contributed by atoms with van der Waals surface area (Å²) < 4.78 is 15.3.